The number of methoxy groups -OCH3 is 1. The maximum Gasteiger partial charge on any atom is 0.308 e. The van der Waals surface area contributed by atoms with Gasteiger partial charge in [-0.3, -0.25) is 4.79 Å². The van der Waals surface area contributed by atoms with Crippen molar-refractivity contribution in [2.75, 3.05) is 31.7 Å². The van der Waals surface area contributed by atoms with Crippen LogP contribution >= 0.6 is 11.3 Å². The fourth-order valence-corrected chi connectivity index (χ4v) is 3.47. The standard InChI is InChI=1S/C16H17N5O3S/c1-23-15(22)8-12-9-20(5-6-24-12)14-3-2-13-17-18-16(21(13)19-14)11-4-7-25-10-11/h2-4,7,10,12H,5-6,8-9H2,1H3. The van der Waals surface area contributed by atoms with Gasteiger partial charge in [-0.05, 0) is 23.6 Å². The quantitative estimate of drug-likeness (QED) is 0.655. The lowest BCUT2D eigenvalue weighted by atomic mass is 10.2. The van der Waals surface area contributed by atoms with E-state index in [2.05, 4.69) is 15.1 Å². The lowest BCUT2D eigenvalue weighted by Crippen LogP contribution is -2.44. The molecule has 0 radical (unpaired) electrons. The van der Waals surface area contributed by atoms with Gasteiger partial charge in [-0.15, -0.1) is 15.3 Å². The molecule has 0 N–H and O–H groups in total. The smallest absolute Gasteiger partial charge is 0.308 e. The Labute approximate surface area is 148 Å². The minimum absolute atomic E-state index is 0.198. The molecular formula is C16H17N5O3S. The second-order valence-electron chi connectivity index (χ2n) is 5.72. The van der Waals surface area contributed by atoms with E-state index in [9.17, 15) is 4.79 Å². The molecule has 0 bridgehead atoms. The van der Waals surface area contributed by atoms with Crippen molar-refractivity contribution in [1.29, 1.82) is 0 Å². The zero-order valence-electron chi connectivity index (χ0n) is 13.7. The first-order chi connectivity index (χ1) is 12.2. The number of anilines is 1. The highest BCUT2D eigenvalue weighted by molar-refractivity contribution is 7.08. The van der Waals surface area contributed by atoms with Gasteiger partial charge in [-0.25, -0.2) is 0 Å². The highest BCUT2D eigenvalue weighted by Gasteiger charge is 2.24. The third-order valence-corrected chi connectivity index (χ3v) is 4.80. The number of thiophene rings is 1. The Hall–Kier alpha value is -2.52. The van der Waals surface area contributed by atoms with Crippen LogP contribution in [0.25, 0.3) is 17.0 Å². The van der Waals surface area contributed by atoms with Crippen molar-refractivity contribution in [3.05, 3.63) is 29.0 Å². The van der Waals surface area contributed by atoms with Crippen molar-refractivity contribution in [2.45, 2.75) is 12.5 Å². The fourth-order valence-electron chi connectivity index (χ4n) is 2.84. The molecule has 0 saturated carbocycles. The van der Waals surface area contributed by atoms with Crippen LogP contribution in [0.1, 0.15) is 6.42 Å². The van der Waals surface area contributed by atoms with Gasteiger partial charge in [-0.2, -0.15) is 15.9 Å². The number of carbonyl (C=O) groups is 1. The molecule has 1 unspecified atom stereocenters. The van der Waals surface area contributed by atoms with Crippen molar-refractivity contribution in [3.8, 4) is 11.4 Å². The van der Waals surface area contributed by atoms with Gasteiger partial charge in [0, 0.05) is 24.0 Å². The number of hydrogen-bond acceptors (Lipinski definition) is 8. The molecular weight excluding hydrogens is 342 g/mol. The van der Waals surface area contributed by atoms with Gasteiger partial charge in [0.1, 0.15) is 5.82 Å². The number of ether oxygens (including phenoxy) is 2. The second-order valence-corrected chi connectivity index (χ2v) is 6.50. The SMILES string of the molecule is COC(=O)CC1CN(c2ccc3nnc(-c4ccsc4)n3n2)CCO1. The van der Waals surface area contributed by atoms with Gasteiger partial charge in [0.05, 0.1) is 26.2 Å². The minimum atomic E-state index is -0.270. The van der Waals surface area contributed by atoms with Crippen molar-refractivity contribution in [3.63, 3.8) is 0 Å². The maximum absolute atomic E-state index is 11.5. The minimum Gasteiger partial charge on any atom is -0.469 e. The second kappa shape index (κ2) is 6.77. The molecule has 0 aliphatic carbocycles. The van der Waals surface area contributed by atoms with Crippen molar-refractivity contribution >= 4 is 28.8 Å². The van der Waals surface area contributed by atoms with E-state index in [1.807, 2.05) is 29.0 Å². The fraction of sp³-hybridized carbons (Fsp3) is 0.375. The molecule has 1 saturated heterocycles. The highest BCUT2D eigenvalue weighted by atomic mass is 32.1. The average molecular weight is 359 g/mol. The molecule has 1 atom stereocenters. The zero-order chi connectivity index (χ0) is 17.2. The summed E-state index contributed by atoms with van der Waals surface area (Å²) in [6.45, 7) is 1.84. The summed E-state index contributed by atoms with van der Waals surface area (Å²) in [6.07, 6.45) is 0.0399. The molecule has 1 aliphatic rings. The Morgan fingerprint density at radius 3 is 3.12 bits per heavy atom. The number of hydrogen-bond donors (Lipinski definition) is 0. The largest absolute Gasteiger partial charge is 0.469 e. The van der Waals surface area contributed by atoms with Gasteiger partial charge in [0.15, 0.2) is 11.5 Å². The number of rotatable bonds is 4. The van der Waals surface area contributed by atoms with Gasteiger partial charge in [0.25, 0.3) is 0 Å². The highest BCUT2D eigenvalue weighted by Crippen LogP contribution is 2.22. The van der Waals surface area contributed by atoms with E-state index in [1.54, 1.807) is 15.9 Å². The molecule has 4 heterocycles. The van der Waals surface area contributed by atoms with Crippen LogP contribution in [0.4, 0.5) is 5.82 Å². The van der Waals surface area contributed by atoms with E-state index in [0.717, 1.165) is 17.2 Å². The van der Waals surface area contributed by atoms with Crippen LogP contribution in [-0.2, 0) is 14.3 Å². The molecule has 1 aliphatic heterocycles. The molecule has 1 fully saturated rings. The molecule has 0 amide bonds. The molecule has 130 valence electrons. The molecule has 3 aromatic heterocycles. The van der Waals surface area contributed by atoms with Gasteiger partial charge in [0.2, 0.25) is 0 Å². The van der Waals surface area contributed by atoms with Crippen LogP contribution < -0.4 is 4.90 Å². The predicted octanol–water partition coefficient (Wildman–Crippen LogP) is 1.62. The topological polar surface area (TPSA) is 81.9 Å². The summed E-state index contributed by atoms with van der Waals surface area (Å²) in [5.41, 5.74) is 1.69. The first kappa shape index (κ1) is 16.0. The molecule has 0 aromatic carbocycles. The molecule has 0 spiro atoms. The third-order valence-electron chi connectivity index (χ3n) is 4.11. The Balaban J connectivity index is 1.60. The molecule has 9 heteroatoms. The van der Waals surface area contributed by atoms with Crippen LogP contribution in [0.2, 0.25) is 0 Å². The number of aromatic nitrogens is 4. The Kier molecular flexibility index (Phi) is 4.33. The summed E-state index contributed by atoms with van der Waals surface area (Å²) in [6, 6.07) is 5.81. The molecule has 4 rings (SSSR count). The van der Waals surface area contributed by atoms with Crippen LogP contribution in [0.15, 0.2) is 29.0 Å². The summed E-state index contributed by atoms with van der Waals surface area (Å²) in [4.78, 5) is 13.6. The van der Waals surface area contributed by atoms with E-state index < -0.39 is 0 Å². The Bertz CT molecular complexity index is 879. The van der Waals surface area contributed by atoms with E-state index in [-0.39, 0.29) is 18.5 Å². The number of morpholine rings is 1. The zero-order valence-corrected chi connectivity index (χ0v) is 14.5. The monoisotopic (exact) mass is 359 g/mol. The number of fused-ring (bicyclic) bond motifs is 1. The first-order valence-electron chi connectivity index (χ1n) is 7.93. The Morgan fingerprint density at radius 2 is 2.32 bits per heavy atom. The Morgan fingerprint density at radius 1 is 1.40 bits per heavy atom. The van der Waals surface area contributed by atoms with Crippen LogP contribution in [0.5, 0.6) is 0 Å². The van der Waals surface area contributed by atoms with E-state index in [1.165, 1.54) is 7.11 Å². The van der Waals surface area contributed by atoms with Crippen molar-refractivity contribution in [2.24, 2.45) is 0 Å². The predicted molar refractivity (Wildman–Crippen MR) is 92.7 cm³/mol. The lowest BCUT2D eigenvalue weighted by molar-refractivity contribution is -0.144. The summed E-state index contributed by atoms with van der Waals surface area (Å²) >= 11 is 1.61. The van der Waals surface area contributed by atoms with Gasteiger partial charge < -0.3 is 14.4 Å². The van der Waals surface area contributed by atoms with E-state index in [0.29, 0.717) is 25.3 Å². The van der Waals surface area contributed by atoms with Crippen LogP contribution in [0, 0.1) is 0 Å². The normalized spacial score (nSPS) is 17.8. The van der Waals surface area contributed by atoms with E-state index >= 15 is 0 Å². The number of nitrogens with zero attached hydrogens (tertiary/aromatic N) is 5. The van der Waals surface area contributed by atoms with Crippen molar-refractivity contribution < 1.29 is 14.3 Å². The summed E-state index contributed by atoms with van der Waals surface area (Å²) in [5.74, 6) is 1.26. The average Bonchev–Trinajstić information content (AvgIpc) is 3.30. The number of esters is 1. The lowest BCUT2D eigenvalue weighted by Gasteiger charge is -2.33. The number of carbonyl (C=O) groups excluding carboxylic acids is 1. The van der Waals surface area contributed by atoms with Gasteiger partial charge >= 0.3 is 5.97 Å². The van der Waals surface area contributed by atoms with Crippen LogP contribution in [0.3, 0.4) is 0 Å². The van der Waals surface area contributed by atoms with Gasteiger partial charge in [-0.1, -0.05) is 0 Å². The summed E-state index contributed by atoms with van der Waals surface area (Å²) in [7, 11) is 1.39. The third kappa shape index (κ3) is 3.20. The van der Waals surface area contributed by atoms with E-state index in [4.69, 9.17) is 14.6 Å². The maximum atomic E-state index is 11.5. The summed E-state index contributed by atoms with van der Waals surface area (Å²) in [5, 5.41) is 17.1. The van der Waals surface area contributed by atoms with Crippen LogP contribution in [-0.4, -0.2) is 58.7 Å². The molecule has 8 nitrogen and oxygen atoms in total. The first-order valence-corrected chi connectivity index (χ1v) is 8.87. The summed E-state index contributed by atoms with van der Waals surface area (Å²) < 4.78 is 12.1. The van der Waals surface area contributed by atoms with Crippen molar-refractivity contribution in [1.82, 2.24) is 19.8 Å². The molecule has 3 aromatic rings. The molecule has 25 heavy (non-hydrogen) atoms.